The summed E-state index contributed by atoms with van der Waals surface area (Å²) in [6.07, 6.45) is 8.11. The highest BCUT2D eigenvalue weighted by Gasteiger charge is 2.16. The number of carbonyl (C=O) groups excluding carboxylic acids is 1. The predicted molar refractivity (Wildman–Crippen MR) is 115 cm³/mol. The van der Waals surface area contributed by atoms with Gasteiger partial charge in [0.2, 0.25) is 15.9 Å². The number of amides is 1. The highest BCUT2D eigenvalue weighted by Crippen LogP contribution is 2.17. The predicted octanol–water partition coefficient (Wildman–Crippen LogP) is 3.94. The lowest BCUT2D eigenvalue weighted by atomic mass is 10.1. The Morgan fingerprint density at radius 3 is 2.17 bits per heavy atom. The molecule has 0 spiro atoms. The van der Waals surface area contributed by atoms with Crippen molar-refractivity contribution in [2.24, 2.45) is 0 Å². The van der Waals surface area contributed by atoms with Crippen LogP contribution in [0, 0.1) is 0 Å². The first-order valence-electron chi connectivity index (χ1n) is 10.4. The zero-order valence-corrected chi connectivity index (χ0v) is 17.6. The monoisotopic (exact) mass is 414 g/mol. The maximum absolute atomic E-state index is 12.5. The molecule has 0 saturated heterocycles. The number of benzene rings is 2. The van der Waals surface area contributed by atoms with Gasteiger partial charge in [-0.3, -0.25) is 4.79 Å². The molecule has 1 aliphatic carbocycles. The van der Waals surface area contributed by atoms with Crippen LogP contribution in [0.2, 0.25) is 0 Å². The number of aryl methyl sites for hydroxylation is 1. The SMILES string of the molecule is O=C(CCc1ccc(S(=O)(=O)NCc2ccccc2)cc1)NC1CCCCCC1. The lowest BCUT2D eigenvalue weighted by Crippen LogP contribution is -2.34. The van der Waals surface area contributed by atoms with Gasteiger partial charge in [0.1, 0.15) is 0 Å². The summed E-state index contributed by atoms with van der Waals surface area (Å²) in [5, 5.41) is 3.15. The molecule has 1 amide bonds. The average molecular weight is 415 g/mol. The molecule has 0 radical (unpaired) electrons. The summed E-state index contributed by atoms with van der Waals surface area (Å²) in [5.74, 6) is 0.0816. The molecule has 5 nitrogen and oxygen atoms in total. The Labute approximate surface area is 174 Å². The van der Waals surface area contributed by atoms with E-state index >= 15 is 0 Å². The molecule has 29 heavy (non-hydrogen) atoms. The third-order valence-corrected chi connectivity index (χ3v) is 6.82. The van der Waals surface area contributed by atoms with Gasteiger partial charge in [0.05, 0.1) is 4.90 Å². The van der Waals surface area contributed by atoms with Crippen molar-refractivity contribution in [2.75, 3.05) is 0 Å². The van der Waals surface area contributed by atoms with E-state index in [1.54, 1.807) is 24.3 Å². The van der Waals surface area contributed by atoms with E-state index in [9.17, 15) is 13.2 Å². The number of carbonyl (C=O) groups is 1. The van der Waals surface area contributed by atoms with Crippen LogP contribution < -0.4 is 10.0 Å². The van der Waals surface area contributed by atoms with E-state index in [1.165, 1.54) is 25.7 Å². The molecule has 2 aromatic rings. The maximum atomic E-state index is 12.5. The molecule has 0 aromatic heterocycles. The third-order valence-electron chi connectivity index (χ3n) is 5.40. The largest absolute Gasteiger partial charge is 0.353 e. The highest BCUT2D eigenvalue weighted by atomic mass is 32.2. The molecule has 0 aliphatic heterocycles. The van der Waals surface area contributed by atoms with E-state index in [-0.39, 0.29) is 17.3 Å². The van der Waals surface area contributed by atoms with Crippen molar-refractivity contribution in [3.63, 3.8) is 0 Å². The Bertz CT molecular complexity index is 872. The Morgan fingerprint density at radius 1 is 0.862 bits per heavy atom. The van der Waals surface area contributed by atoms with Crippen LogP contribution >= 0.6 is 0 Å². The Kier molecular flexibility index (Phi) is 7.83. The Balaban J connectivity index is 1.48. The van der Waals surface area contributed by atoms with E-state index < -0.39 is 10.0 Å². The van der Waals surface area contributed by atoms with Crippen molar-refractivity contribution in [3.05, 3.63) is 65.7 Å². The fourth-order valence-corrected chi connectivity index (χ4v) is 4.69. The van der Waals surface area contributed by atoms with Gasteiger partial charge in [0.25, 0.3) is 0 Å². The first kappa shape index (κ1) is 21.5. The van der Waals surface area contributed by atoms with Gasteiger partial charge in [-0.05, 0) is 42.5 Å². The van der Waals surface area contributed by atoms with Crippen LogP contribution in [-0.4, -0.2) is 20.4 Å². The summed E-state index contributed by atoms with van der Waals surface area (Å²) in [5.41, 5.74) is 1.87. The van der Waals surface area contributed by atoms with Gasteiger partial charge in [0.15, 0.2) is 0 Å². The van der Waals surface area contributed by atoms with Gasteiger partial charge in [0, 0.05) is 19.0 Å². The minimum Gasteiger partial charge on any atom is -0.353 e. The Morgan fingerprint density at radius 2 is 1.52 bits per heavy atom. The molecule has 2 N–H and O–H groups in total. The number of hydrogen-bond donors (Lipinski definition) is 2. The molecule has 0 heterocycles. The van der Waals surface area contributed by atoms with Crippen LogP contribution in [-0.2, 0) is 27.8 Å². The van der Waals surface area contributed by atoms with Crippen molar-refractivity contribution in [3.8, 4) is 0 Å². The minimum atomic E-state index is -3.56. The first-order valence-corrected chi connectivity index (χ1v) is 11.9. The van der Waals surface area contributed by atoms with E-state index in [0.717, 1.165) is 24.0 Å². The van der Waals surface area contributed by atoms with Gasteiger partial charge in [-0.1, -0.05) is 68.1 Å². The van der Waals surface area contributed by atoms with Crippen molar-refractivity contribution in [1.29, 1.82) is 0 Å². The Hall–Kier alpha value is -2.18. The third kappa shape index (κ3) is 6.98. The second-order valence-corrected chi connectivity index (χ2v) is 9.48. The molecule has 0 bridgehead atoms. The summed E-state index contributed by atoms with van der Waals surface area (Å²) in [6.45, 7) is 0.256. The van der Waals surface area contributed by atoms with E-state index in [0.29, 0.717) is 18.9 Å². The molecule has 0 atom stereocenters. The number of sulfonamides is 1. The van der Waals surface area contributed by atoms with Crippen LogP contribution in [0.15, 0.2) is 59.5 Å². The van der Waals surface area contributed by atoms with Crippen molar-refractivity contribution in [2.45, 2.75) is 68.8 Å². The molecular formula is C23H30N2O3S. The van der Waals surface area contributed by atoms with Gasteiger partial charge in [-0.15, -0.1) is 0 Å². The zero-order valence-electron chi connectivity index (χ0n) is 16.8. The number of nitrogens with one attached hydrogen (secondary N) is 2. The van der Waals surface area contributed by atoms with Crippen LogP contribution in [0.25, 0.3) is 0 Å². The standard InChI is InChI=1S/C23H30N2O3S/c26-23(25-21-10-6-1-2-7-11-21)17-14-19-12-15-22(16-13-19)29(27,28)24-18-20-8-4-3-5-9-20/h3-5,8-9,12-13,15-16,21,24H,1-2,6-7,10-11,14,17-18H2,(H,25,26). The lowest BCUT2D eigenvalue weighted by molar-refractivity contribution is -0.121. The van der Waals surface area contributed by atoms with Crippen LogP contribution in [0.1, 0.15) is 56.1 Å². The maximum Gasteiger partial charge on any atom is 0.240 e. The molecule has 3 rings (SSSR count). The topological polar surface area (TPSA) is 75.3 Å². The van der Waals surface area contributed by atoms with Crippen molar-refractivity contribution in [1.82, 2.24) is 10.0 Å². The van der Waals surface area contributed by atoms with Gasteiger partial charge in [-0.25, -0.2) is 13.1 Å². The fraction of sp³-hybridized carbons (Fsp3) is 0.435. The number of hydrogen-bond acceptors (Lipinski definition) is 3. The molecule has 156 valence electrons. The summed E-state index contributed by atoms with van der Waals surface area (Å²) < 4.78 is 27.5. The summed E-state index contributed by atoms with van der Waals surface area (Å²) >= 11 is 0. The fourth-order valence-electron chi connectivity index (χ4n) is 3.67. The molecular weight excluding hydrogens is 384 g/mol. The molecule has 1 aliphatic rings. The smallest absolute Gasteiger partial charge is 0.240 e. The summed E-state index contributed by atoms with van der Waals surface area (Å²) in [7, 11) is -3.56. The molecule has 0 unspecified atom stereocenters. The molecule has 2 aromatic carbocycles. The summed E-state index contributed by atoms with van der Waals surface area (Å²) in [4.78, 5) is 12.5. The second kappa shape index (κ2) is 10.6. The van der Waals surface area contributed by atoms with Crippen molar-refractivity contribution >= 4 is 15.9 Å². The van der Waals surface area contributed by atoms with E-state index in [2.05, 4.69) is 10.0 Å². The molecule has 6 heteroatoms. The summed E-state index contributed by atoms with van der Waals surface area (Å²) in [6, 6.07) is 16.5. The van der Waals surface area contributed by atoms with Crippen LogP contribution in [0.4, 0.5) is 0 Å². The van der Waals surface area contributed by atoms with Crippen molar-refractivity contribution < 1.29 is 13.2 Å². The zero-order chi connectivity index (χ0) is 20.5. The van der Waals surface area contributed by atoms with Gasteiger partial charge < -0.3 is 5.32 Å². The van der Waals surface area contributed by atoms with Crippen LogP contribution in [0.5, 0.6) is 0 Å². The minimum absolute atomic E-state index is 0.0816. The second-order valence-electron chi connectivity index (χ2n) is 7.71. The molecule has 1 fully saturated rings. The first-order chi connectivity index (χ1) is 14.0. The quantitative estimate of drug-likeness (QED) is 0.643. The van der Waals surface area contributed by atoms with Gasteiger partial charge >= 0.3 is 0 Å². The van der Waals surface area contributed by atoms with E-state index in [1.807, 2.05) is 30.3 Å². The lowest BCUT2D eigenvalue weighted by Gasteiger charge is -2.16. The van der Waals surface area contributed by atoms with Crippen LogP contribution in [0.3, 0.4) is 0 Å². The normalized spacial score (nSPS) is 15.6. The number of rotatable bonds is 8. The van der Waals surface area contributed by atoms with E-state index in [4.69, 9.17) is 0 Å². The molecule has 1 saturated carbocycles. The van der Waals surface area contributed by atoms with Gasteiger partial charge in [-0.2, -0.15) is 0 Å². The average Bonchev–Trinajstić information content (AvgIpc) is 3.00. The highest BCUT2D eigenvalue weighted by molar-refractivity contribution is 7.89.